The van der Waals surface area contributed by atoms with Crippen molar-refractivity contribution in [3.8, 4) is 5.75 Å². The second kappa shape index (κ2) is 5.00. The zero-order valence-corrected chi connectivity index (χ0v) is 11.6. The third-order valence-corrected chi connectivity index (χ3v) is 4.00. The first-order valence-corrected chi connectivity index (χ1v) is 6.58. The highest BCUT2D eigenvalue weighted by molar-refractivity contribution is 9.09. The lowest BCUT2D eigenvalue weighted by Crippen LogP contribution is -2.34. The molecule has 0 N–H and O–H groups in total. The molecule has 0 radical (unpaired) electrons. The van der Waals surface area contributed by atoms with Gasteiger partial charge >= 0.3 is 5.69 Å². The molecule has 0 aliphatic heterocycles. The number of alkyl halides is 1. The van der Waals surface area contributed by atoms with Gasteiger partial charge in [-0.2, -0.15) is 0 Å². The normalized spacial score (nSPS) is 23.0. The lowest BCUT2D eigenvalue weighted by molar-refractivity contribution is -0.386. The van der Waals surface area contributed by atoms with Crippen molar-refractivity contribution in [2.24, 2.45) is 0 Å². The summed E-state index contributed by atoms with van der Waals surface area (Å²) in [5, 5.41) is 11.3. The Morgan fingerprint density at radius 3 is 2.47 bits per heavy atom. The Kier molecular flexibility index (Phi) is 3.80. The predicted octanol–water partition coefficient (Wildman–Crippen LogP) is 4.21. The summed E-state index contributed by atoms with van der Waals surface area (Å²) in [6, 6.07) is 2.60. The van der Waals surface area contributed by atoms with Gasteiger partial charge in [0.05, 0.1) is 15.0 Å². The van der Waals surface area contributed by atoms with Crippen molar-refractivity contribution < 1.29 is 9.66 Å². The molecule has 0 amide bonds. The van der Waals surface area contributed by atoms with Crippen molar-refractivity contribution in [3.63, 3.8) is 0 Å². The van der Waals surface area contributed by atoms with Crippen LogP contribution in [-0.2, 0) is 0 Å². The van der Waals surface area contributed by atoms with Crippen LogP contribution < -0.4 is 4.74 Å². The Morgan fingerprint density at radius 2 is 1.94 bits per heavy atom. The molecule has 1 aliphatic rings. The maximum absolute atomic E-state index is 10.9. The summed E-state index contributed by atoms with van der Waals surface area (Å²) in [5.74, 6) is 0.175. The summed E-state index contributed by atoms with van der Waals surface area (Å²) < 4.78 is 5.53. The number of hydrogen-bond acceptors (Lipinski definition) is 3. The van der Waals surface area contributed by atoms with E-state index in [1.807, 2.05) is 0 Å². The average Bonchev–Trinajstić information content (AvgIpc) is 2.20. The van der Waals surface area contributed by atoms with Crippen LogP contribution in [0.4, 0.5) is 5.69 Å². The molecule has 0 atom stereocenters. The van der Waals surface area contributed by atoms with E-state index in [4.69, 9.17) is 27.9 Å². The van der Waals surface area contributed by atoms with Gasteiger partial charge in [0.15, 0.2) is 5.75 Å². The second-order valence-electron chi connectivity index (χ2n) is 3.80. The Morgan fingerprint density at radius 1 is 1.35 bits per heavy atom. The van der Waals surface area contributed by atoms with Gasteiger partial charge in [-0.25, -0.2) is 0 Å². The molecule has 0 unspecified atom stereocenters. The van der Waals surface area contributed by atoms with Crippen LogP contribution in [0, 0.1) is 10.1 Å². The van der Waals surface area contributed by atoms with Gasteiger partial charge in [-0.1, -0.05) is 39.1 Å². The quantitative estimate of drug-likeness (QED) is 0.470. The van der Waals surface area contributed by atoms with Gasteiger partial charge in [-0.15, -0.1) is 0 Å². The maximum Gasteiger partial charge on any atom is 0.312 e. The van der Waals surface area contributed by atoms with Crippen molar-refractivity contribution in [1.82, 2.24) is 0 Å². The minimum Gasteiger partial charge on any atom is -0.483 e. The molecule has 1 aromatic carbocycles. The molecule has 92 valence electrons. The Labute approximate surface area is 116 Å². The van der Waals surface area contributed by atoms with Crippen molar-refractivity contribution in [3.05, 3.63) is 32.3 Å². The lowest BCUT2D eigenvalue weighted by Gasteiger charge is -2.31. The molecule has 0 saturated heterocycles. The minimum absolute atomic E-state index is 0.00434. The fourth-order valence-corrected chi connectivity index (χ4v) is 2.68. The van der Waals surface area contributed by atoms with Gasteiger partial charge in [-0.3, -0.25) is 10.1 Å². The van der Waals surface area contributed by atoms with Crippen LogP contribution in [-0.4, -0.2) is 15.9 Å². The molecule has 0 spiro atoms. The average molecular weight is 341 g/mol. The third kappa shape index (κ3) is 2.84. The number of benzene rings is 1. The SMILES string of the molecule is O=[N+]([O-])c1cc(Cl)c(Cl)cc1OC1CC(Br)C1. The molecule has 1 fully saturated rings. The fraction of sp³-hybridized carbons (Fsp3) is 0.400. The molecule has 0 bridgehead atoms. The first-order chi connectivity index (χ1) is 7.97. The molecule has 1 saturated carbocycles. The number of rotatable bonds is 3. The van der Waals surface area contributed by atoms with Crippen LogP contribution in [0.15, 0.2) is 12.1 Å². The van der Waals surface area contributed by atoms with Crippen molar-refractivity contribution in [2.75, 3.05) is 0 Å². The van der Waals surface area contributed by atoms with E-state index in [-0.39, 0.29) is 27.6 Å². The highest BCUT2D eigenvalue weighted by Crippen LogP contribution is 2.39. The van der Waals surface area contributed by atoms with Crippen molar-refractivity contribution >= 4 is 44.8 Å². The zero-order valence-electron chi connectivity index (χ0n) is 8.53. The van der Waals surface area contributed by atoms with E-state index >= 15 is 0 Å². The largest absolute Gasteiger partial charge is 0.483 e. The number of ether oxygens (including phenoxy) is 1. The minimum atomic E-state index is -0.526. The Bertz CT molecular complexity index is 463. The molecule has 7 heteroatoms. The van der Waals surface area contributed by atoms with Crippen molar-refractivity contribution in [1.29, 1.82) is 0 Å². The van der Waals surface area contributed by atoms with Crippen LogP contribution >= 0.6 is 39.1 Å². The van der Waals surface area contributed by atoms with E-state index in [9.17, 15) is 10.1 Å². The summed E-state index contributed by atoms with van der Waals surface area (Å²) in [7, 11) is 0. The predicted molar refractivity (Wildman–Crippen MR) is 69.5 cm³/mol. The van der Waals surface area contributed by atoms with Crippen LogP contribution in [0.2, 0.25) is 10.0 Å². The van der Waals surface area contributed by atoms with E-state index in [1.165, 1.54) is 12.1 Å². The number of nitrogens with zero attached hydrogens (tertiary/aromatic N) is 1. The number of nitro groups is 1. The Hall–Kier alpha value is -0.520. The standard InChI is InChI=1S/C10H8BrCl2NO3/c11-5-1-6(2-5)17-10-4-8(13)7(12)3-9(10)14(15)16/h3-6H,1-2H2. The van der Waals surface area contributed by atoms with Crippen LogP contribution in [0.1, 0.15) is 12.8 Å². The van der Waals surface area contributed by atoms with Gasteiger partial charge in [0.1, 0.15) is 6.10 Å². The monoisotopic (exact) mass is 339 g/mol. The summed E-state index contributed by atoms with van der Waals surface area (Å²) in [6.07, 6.45) is 1.66. The van der Waals surface area contributed by atoms with Gasteiger partial charge in [-0.05, 0) is 12.8 Å². The topological polar surface area (TPSA) is 52.4 Å². The third-order valence-electron chi connectivity index (χ3n) is 2.53. The number of halogens is 3. The van der Waals surface area contributed by atoms with Gasteiger partial charge < -0.3 is 4.74 Å². The number of nitro benzene ring substituents is 1. The summed E-state index contributed by atoms with van der Waals surface area (Å²) in [5.41, 5.74) is -0.155. The molecule has 0 aromatic heterocycles. The summed E-state index contributed by atoms with van der Waals surface area (Å²) in [4.78, 5) is 10.8. The molecule has 2 rings (SSSR count). The highest BCUT2D eigenvalue weighted by Gasteiger charge is 2.31. The molecule has 1 aromatic rings. The van der Waals surface area contributed by atoms with Crippen molar-refractivity contribution in [2.45, 2.75) is 23.8 Å². The molecule has 0 heterocycles. The number of hydrogen-bond donors (Lipinski definition) is 0. The highest BCUT2D eigenvalue weighted by atomic mass is 79.9. The lowest BCUT2D eigenvalue weighted by atomic mass is 9.96. The zero-order chi connectivity index (χ0) is 12.6. The molecule has 1 aliphatic carbocycles. The van der Waals surface area contributed by atoms with E-state index in [0.29, 0.717) is 4.83 Å². The van der Waals surface area contributed by atoms with Crippen LogP contribution in [0.25, 0.3) is 0 Å². The molecular weight excluding hydrogens is 333 g/mol. The van der Waals surface area contributed by atoms with Crippen LogP contribution in [0.5, 0.6) is 5.75 Å². The molecule has 4 nitrogen and oxygen atoms in total. The van der Waals surface area contributed by atoms with Gasteiger partial charge in [0.2, 0.25) is 0 Å². The van der Waals surface area contributed by atoms with Crippen LogP contribution in [0.3, 0.4) is 0 Å². The van der Waals surface area contributed by atoms with Gasteiger partial charge in [0, 0.05) is 17.0 Å². The van der Waals surface area contributed by atoms with E-state index in [0.717, 1.165) is 12.8 Å². The van der Waals surface area contributed by atoms with E-state index < -0.39 is 4.92 Å². The Balaban J connectivity index is 2.25. The summed E-state index contributed by atoms with van der Waals surface area (Å²) >= 11 is 15.0. The molecule has 17 heavy (non-hydrogen) atoms. The smallest absolute Gasteiger partial charge is 0.312 e. The first kappa shape index (κ1) is 12.9. The second-order valence-corrected chi connectivity index (χ2v) is 5.91. The van der Waals surface area contributed by atoms with Gasteiger partial charge in [0.25, 0.3) is 0 Å². The fourth-order valence-electron chi connectivity index (χ4n) is 1.53. The van der Waals surface area contributed by atoms with E-state index in [2.05, 4.69) is 15.9 Å². The molecular formula is C10H8BrCl2NO3. The summed E-state index contributed by atoms with van der Waals surface area (Å²) in [6.45, 7) is 0. The van der Waals surface area contributed by atoms with E-state index in [1.54, 1.807) is 0 Å². The first-order valence-electron chi connectivity index (χ1n) is 4.91. The maximum atomic E-state index is 10.9.